The van der Waals surface area contributed by atoms with Gasteiger partial charge in [0.1, 0.15) is 0 Å². The van der Waals surface area contributed by atoms with Crippen molar-refractivity contribution in [1.82, 2.24) is 0 Å². The second kappa shape index (κ2) is 4.82. The molecule has 0 bridgehead atoms. The molecule has 0 aromatic heterocycles. The number of hydrogen-bond donors (Lipinski definition) is 3. The smallest absolute Gasteiger partial charge is 0.0926 e. The van der Waals surface area contributed by atoms with Crippen molar-refractivity contribution >= 4 is 11.8 Å². The third kappa shape index (κ3) is 1.99. The van der Waals surface area contributed by atoms with E-state index in [-0.39, 0.29) is 17.9 Å². The van der Waals surface area contributed by atoms with E-state index in [1.54, 1.807) is 11.8 Å². The van der Waals surface area contributed by atoms with Crippen LogP contribution in [0.1, 0.15) is 13.8 Å². The predicted molar refractivity (Wildman–Crippen MR) is 62.0 cm³/mol. The molecule has 1 aliphatic carbocycles. The van der Waals surface area contributed by atoms with Gasteiger partial charge in [0.25, 0.3) is 0 Å². The van der Waals surface area contributed by atoms with Crippen molar-refractivity contribution < 1.29 is 20.1 Å². The van der Waals surface area contributed by atoms with Crippen LogP contribution in [0.2, 0.25) is 0 Å². The van der Waals surface area contributed by atoms with Gasteiger partial charge < -0.3 is 20.1 Å². The first-order chi connectivity index (χ1) is 7.54. The van der Waals surface area contributed by atoms with Gasteiger partial charge in [0.15, 0.2) is 0 Å². The van der Waals surface area contributed by atoms with Gasteiger partial charge in [0.2, 0.25) is 0 Å². The molecule has 1 saturated heterocycles. The van der Waals surface area contributed by atoms with Crippen LogP contribution < -0.4 is 0 Å². The molecule has 5 heteroatoms. The minimum atomic E-state index is -0.752. The monoisotopic (exact) mass is 248 g/mol. The molecule has 6 atom stereocenters. The summed E-state index contributed by atoms with van der Waals surface area (Å²) in [7, 11) is 0. The summed E-state index contributed by atoms with van der Waals surface area (Å²) in [5.74, 6) is 0.864. The zero-order valence-electron chi connectivity index (χ0n) is 9.61. The van der Waals surface area contributed by atoms with Crippen molar-refractivity contribution in [3.63, 3.8) is 0 Å². The summed E-state index contributed by atoms with van der Waals surface area (Å²) in [6, 6.07) is 0. The molecule has 1 heterocycles. The Kier molecular flexibility index (Phi) is 3.81. The van der Waals surface area contributed by atoms with E-state index in [2.05, 4.69) is 0 Å². The molecule has 94 valence electrons. The highest BCUT2D eigenvalue weighted by Gasteiger charge is 2.53. The van der Waals surface area contributed by atoms with Gasteiger partial charge in [0.05, 0.1) is 30.4 Å². The molecule has 1 aliphatic heterocycles. The summed E-state index contributed by atoms with van der Waals surface area (Å²) in [6.45, 7) is 3.78. The summed E-state index contributed by atoms with van der Waals surface area (Å²) < 4.78 is 5.49. The highest BCUT2D eigenvalue weighted by molar-refractivity contribution is 7.99. The lowest BCUT2D eigenvalue weighted by Gasteiger charge is -2.27. The van der Waals surface area contributed by atoms with E-state index >= 15 is 0 Å². The largest absolute Gasteiger partial charge is 0.392 e. The maximum Gasteiger partial charge on any atom is 0.0926 e. The fraction of sp³-hybridized carbons (Fsp3) is 1.00. The van der Waals surface area contributed by atoms with E-state index in [1.165, 1.54) is 0 Å². The SMILES string of the molecule is CC(C)[C@H](O)[C@@H]1C(O)C2CSCO[C@H]2C1O. The normalized spacial score (nSPS) is 45.8. The van der Waals surface area contributed by atoms with E-state index in [1.807, 2.05) is 13.8 Å². The Morgan fingerprint density at radius 1 is 1.25 bits per heavy atom. The lowest BCUT2D eigenvalue weighted by molar-refractivity contribution is -0.0667. The van der Waals surface area contributed by atoms with Crippen LogP contribution in [-0.4, -0.2) is 51.4 Å². The molecule has 0 aromatic carbocycles. The molecule has 2 fully saturated rings. The van der Waals surface area contributed by atoms with Crippen molar-refractivity contribution in [3.05, 3.63) is 0 Å². The average Bonchev–Trinajstić information content (AvgIpc) is 2.52. The van der Waals surface area contributed by atoms with Crippen LogP contribution in [0, 0.1) is 17.8 Å². The number of ether oxygens (including phenoxy) is 1. The standard InChI is InChI=1S/C11H20O4S/c1-5(2)8(12)7-9(13)6-3-16-4-15-11(6)10(7)14/h5-14H,3-4H2,1-2H3/t6?,7-,8+,9?,10?,11-/m1/s1. The van der Waals surface area contributed by atoms with Crippen molar-refractivity contribution in [3.8, 4) is 0 Å². The quantitative estimate of drug-likeness (QED) is 0.645. The second-order valence-corrected chi connectivity index (χ2v) is 6.05. The molecule has 0 radical (unpaired) electrons. The molecule has 3 N–H and O–H groups in total. The lowest BCUT2D eigenvalue weighted by atomic mass is 9.88. The van der Waals surface area contributed by atoms with Crippen LogP contribution in [0.4, 0.5) is 0 Å². The Balaban J connectivity index is 2.14. The minimum absolute atomic E-state index is 0.0297. The highest BCUT2D eigenvalue weighted by atomic mass is 32.2. The Hall–Kier alpha value is 0.190. The maximum absolute atomic E-state index is 10.2. The zero-order chi connectivity index (χ0) is 11.9. The second-order valence-electron chi connectivity index (χ2n) is 5.08. The van der Waals surface area contributed by atoms with E-state index in [4.69, 9.17) is 4.74 Å². The third-order valence-electron chi connectivity index (χ3n) is 3.72. The van der Waals surface area contributed by atoms with E-state index in [0.717, 1.165) is 5.75 Å². The number of hydrogen-bond acceptors (Lipinski definition) is 5. The first kappa shape index (κ1) is 12.6. The van der Waals surface area contributed by atoms with E-state index in [9.17, 15) is 15.3 Å². The Bertz CT molecular complexity index is 230. The summed E-state index contributed by atoms with van der Waals surface area (Å²) >= 11 is 1.62. The zero-order valence-corrected chi connectivity index (χ0v) is 10.4. The Labute approximate surface area is 100.0 Å². The van der Waals surface area contributed by atoms with Crippen molar-refractivity contribution in [1.29, 1.82) is 0 Å². The summed E-state index contributed by atoms with van der Waals surface area (Å²) in [6.07, 6.45) is -2.40. The van der Waals surface area contributed by atoms with Crippen LogP contribution >= 0.6 is 11.8 Å². The van der Waals surface area contributed by atoms with Gasteiger partial charge in [-0.2, -0.15) is 0 Å². The maximum atomic E-state index is 10.2. The van der Waals surface area contributed by atoms with Gasteiger partial charge in [0, 0.05) is 17.6 Å². The fourth-order valence-electron chi connectivity index (χ4n) is 2.73. The van der Waals surface area contributed by atoms with Crippen LogP contribution in [0.15, 0.2) is 0 Å². The molecule has 3 unspecified atom stereocenters. The number of thioether (sulfide) groups is 1. The molecule has 0 spiro atoms. The van der Waals surface area contributed by atoms with Gasteiger partial charge in [-0.1, -0.05) is 13.8 Å². The van der Waals surface area contributed by atoms with Gasteiger partial charge >= 0.3 is 0 Å². The molecule has 0 aromatic rings. The summed E-state index contributed by atoms with van der Waals surface area (Å²) in [4.78, 5) is 0. The molecular weight excluding hydrogens is 228 g/mol. The summed E-state index contributed by atoms with van der Waals surface area (Å²) in [5.41, 5.74) is 0. The molecule has 1 saturated carbocycles. The fourth-order valence-corrected chi connectivity index (χ4v) is 3.74. The van der Waals surface area contributed by atoms with Crippen LogP contribution in [0.5, 0.6) is 0 Å². The van der Waals surface area contributed by atoms with Crippen LogP contribution in [0.25, 0.3) is 0 Å². The molecule has 16 heavy (non-hydrogen) atoms. The van der Waals surface area contributed by atoms with E-state index < -0.39 is 24.2 Å². The van der Waals surface area contributed by atoms with Crippen LogP contribution in [-0.2, 0) is 4.74 Å². The summed E-state index contributed by atoms with van der Waals surface area (Å²) in [5, 5.41) is 30.3. The topological polar surface area (TPSA) is 69.9 Å². The Morgan fingerprint density at radius 2 is 1.94 bits per heavy atom. The van der Waals surface area contributed by atoms with Crippen molar-refractivity contribution in [2.75, 3.05) is 11.7 Å². The first-order valence-electron chi connectivity index (χ1n) is 5.77. The van der Waals surface area contributed by atoms with Crippen LogP contribution in [0.3, 0.4) is 0 Å². The average molecular weight is 248 g/mol. The number of fused-ring (bicyclic) bond motifs is 1. The molecular formula is C11H20O4S. The predicted octanol–water partition coefficient (Wildman–Crippen LogP) is 0.0606. The number of aliphatic hydroxyl groups excluding tert-OH is 3. The van der Waals surface area contributed by atoms with Gasteiger partial charge in [-0.15, -0.1) is 11.8 Å². The third-order valence-corrected chi connectivity index (χ3v) is 4.64. The van der Waals surface area contributed by atoms with E-state index in [0.29, 0.717) is 5.94 Å². The van der Waals surface area contributed by atoms with Crippen molar-refractivity contribution in [2.45, 2.75) is 38.3 Å². The number of aliphatic hydroxyl groups is 3. The molecule has 0 amide bonds. The Morgan fingerprint density at radius 3 is 2.50 bits per heavy atom. The number of rotatable bonds is 2. The molecule has 4 nitrogen and oxygen atoms in total. The molecule has 2 rings (SSSR count). The lowest BCUT2D eigenvalue weighted by Crippen LogP contribution is -2.40. The van der Waals surface area contributed by atoms with Gasteiger partial charge in [-0.05, 0) is 5.92 Å². The van der Waals surface area contributed by atoms with Gasteiger partial charge in [-0.3, -0.25) is 0 Å². The highest BCUT2D eigenvalue weighted by Crippen LogP contribution is 2.42. The van der Waals surface area contributed by atoms with Gasteiger partial charge in [-0.25, -0.2) is 0 Å². The van der Waals surface area contributed by atoms with Crippen molar-refractivity contribution in [2.24, 2.45) is 17.8 Å². The minimum Gasteiger partial charge on any atom is -0.392 e. The molecule has 2 aliphatic rings. The first-order valence-corrected chi connectivity index (χ1v) is 6.93.